The van der Waals surface area contributed by atoms with Gasteiger partial charge < -0.3 is 9.32 Å². The van der Waals surface area contributed by atoms with Gasteiger partial charge in [0.05, 0.1) is 18.4 Å². The third-order valence-corrected chi connectivity index (χ3v) is 4.88. The molecule has 6 nitrogen and oxygen atoms in total. The standard InChI is InChI=1S/C17H21N3O3S/c1-11-6-12(2)9-20(8-11)15(21)7-13-10-24-17(18-13)19-16(22)14-4-3-5-23-14/h3-5,10-12H,6-9H2,1-2H3,(H,18,19,22)/t11-,12+. The second-order valence-electron chi connectivity index (χ2n) is 6.50. The van der Waals surface area contributed by atoms with E-state index in [-0.39, 0.29) is 24.0 Å². The van der Waals surface area contributed by atoms with Crippen molar-refractivity contribution in [1.29, 1.82) is 0 Å². The first-order valence-corrected chi connectivity index (χ1v) is 8.96. The lowest BCUT2D eigenvalue weighted by molar-refractivity contribution is -0.133. The number of piperidine rings is 1. The van der Waals surface area contributed by atoms with Crippen molar-refractivity contribution in [3.8, 4) is 0 Å². The molecule has 0 saturated carbocycles. The average molecular weight is 347 g/mol. The number of likely N-dealkylation sites (tertiary alicyclic amines) is 1. The minimum atomic E-state index is -0.342. The van der Waals surface area contributed by atoms with Gasteiger partial charge in [0.1, 0.15) is 0 Å². The van der Waals surface area contributed by atoms with Crippen LogP contribution in [-0.2, 0) is 11.2 Å². The highest BCUT2D eigenvalue weighted by molar-refractivity contribution is 7.14. The van der Waals surface area contributed by atoms with Gasteiger partial charge in [-0.05, 0) is 30.4 Å². The smallest absolute Gasteiger partial charge is 0.293 e. The van der Waals surface area contributed by atoms with Crippen LogP contribution >= 0.6 is 11.3 Å². The van der Waals surface area contributed by atoms with Crippen LogP contribution < -0.4 is 5.32 Å². The van der Waals surface area contributed by atoms with E-state index in [4.69, 9.17) is 4.42 Å². The number of amides is 2. The van der Waals surface area contributed by atoms with Crippen LogP contribution in [-0.4, -0.2) is 34.8 Å². The maximum Gasteiger partial charge on any atom is 0.293 e. The van der Waals surface area contributed by atoms with Crippen LogP contribution in [0.2, 0.25) is 0 Å². The Morgan fingerprint density at radius 3 is 2.79 bits per heavy atom. The molecule has 2 aromatic heterocycles. The fourth-order valence-electron chi connectivity index (χ4n) is 3.15. The lowest BCUT2D eigenvalue weighted by Crippen LogP contribution is -2.43. The number of rotatable bonds is 4. The van der Waals surface area contributed by atoms with E-state index >= 15 is 0 Å². The summed E-state index contributed by atoms with van der Waals surface area (Å²) in [6.45, 7) is 5.99. The van der Waals surface area contributed by atoms with Gasteiger partial charge in [0.15, 0.2) is 10.9 Å². The van der Waals surface area contributed by atoms with E-state index in [1.165, 1.54) is 24.0 Å². The van der Waals surface area contributed by atoms with Gasteiger partial charge in [-0.25, -0.2) is 4.98 Å². The predicted molar refractivity (Wildman–Crippen MR) is 92.0 cm³/mol. The summed E-state index contributed by atoms with van der Waals surface area (Å²) >= 11 is 1.31. The number of carbonyl (C=O) groups is 2. The number of hydrogen-bond donors (Lipinski definition) is 1. The Balaban J connectivity index is 1.57. The summed E-state index contributed by atoms with van der Waals surface area (Å²) < 4.78 is 5.04. The maximum absolute atomic E-state index is 12.5. The number of carbonyl (C=O) groups excluding carboxylic acids is 2. The summed E-state index contributed by atoms with van der Waals surface area (Å²) in [7, 11) is 0. The molecule has 2 aromatic rings. The molecule has 0 radical (unpaired) electrons. The van der Waals surface area contributed by atoms with Crippen molar-refractivity contribution >= 4 is 28.3 Å². The van der Waals surface area contributed by atoms with Crippen LogP contribution in [0.4, 0.5) is 5.13 Å². The zero-order valence-corrected chi connectivity index (χ0v) is 14.6. The van der Waals surface area contributed by atoms with Gasteiger partial charge in [-0.2, -0.15) is 0 Å². The molecule has 1 fully saturated rings. The second-order valence-corrected chi connectivity index (χ2v) is 7.36. The largest absolute Gasteiger partial charge is 0.459 e. The molecule has 1 aliphatic heterocycles. The van der Waals surface area contributed by atoms with Crippen LogP contribution in [0.1, 0.15) is 36.5 Å². The van der Waals surface area contributed by atoms with Gasteiger partial charge in [0.25, 0.3) is 5.91 Å². The first kappa shape index (κ1) is 16.7. The summed E-state index contributed by atoms with van der Waals surface area (Å²) in [6.07, 6.45) is 2.89. The lowest BCUT2D eigenvalue weighted by Gasteiger charge is -2.35. The Bertz CT molecular complexity index is 700. The lowest BCUT2D eigenvalue weighted by atomic mass is 9.92. The van der Waals surface area contributed by atoms with Crippen LogP contribution in [0, 0.1) is 11.8 Å². The number of anilines is 1. The number of aromatic nitrogens is 1. The van der Waals surface area contributed by atoms with Crippen LogP contribution in [0.3, 0.4) is 0 Å². The van der Waals surface area contributed by atoms with E-state index < -0.39 is 0 Å². The molecule has 2 amide bonds. The molecule has 2 atom stereocenters. The maximum atomic E-state index is 12.5. The van der Waals surface area contributed by atoms with Gasteiger partial charge in [-0.1, -0.05) is 13.8 Å². The van der Waals surface area contributed by atoms with Crippen LogP contribution in [0.5, 0.6) is 0 Å². The van der Waals surface area contributed by atoms with E-state index in [2.05, 4.69) is 24.1 Å². The fraction of sp³-hybridized carbons (Fsp3) is 0.471. The van der Waals surface area contributed by atoms with Crippen LogP contribution in [0.25, 0.3) is 0 Å². The monoisotopic (exact) mass is 347 g/mol. The van der Waals surface area contributed by atoms with Gasteiger partial charge in [-0.3, -0.25) is 14.9 Å². The molecule has 128 valence electrons. The fourth-order valence-corrected chi connectivity index (χ4v) is 3.85. The Morgan fingerprint density at radius 1 is 1.38 bits per heavy atom. The van der Waals surface area contributed by atoms with Gasteiger partial charge in [0, 0.05) is 18.5 Å². The summed E-state index contributed by atoms with van der Waals surface area (Å²) in [5, 5.41) is 4.97. The van der Waals surface area contributed by atoms with Crippen molar-refractivity contribution in [2.24, 2.45) is 11.8 Å². The Hall–Kier alpha value is -2.15. The molecular formula is C17H21N3O3S. The second kappa shape index (κ2) is 7.17. The SMILES string of the molecule is C[C@@H]1C[C@H](C)CN(C(=O)Cc2csc(NC(=O)c3ccco3)n2)C1. The summed E-state index contributed by atoms with van der Waals surface area (Å²) in [5.41, 5.74) is 0.686. The van der Waals surface area contributed by atoms with Gasteiger partial charge in [0.2, 0.25) is 5.91 Å². The minimum absolute atomic E-state index is 0.0996. The number of nitrogens with one attached hydrogen (secondary N) is 1. The molecule has 0 bridgehead atoms. The normalized spacial score (nSPS) is 20.8. The number of hydrogen-bond acceptors (Lipinski definition) is 5. The molecule has 1 saturated heterocycles. The van der Waals surface area contributed by atoms with Crippen molar-refractivity contribution in [3.05, 3.63) is 35.2 Å². The highest BCUT2D eigenvalue weighted by Crippen LogP contribution is 2.22. The predicted octanol–water partition coefficient (Wildman–Crippen LogP) is 3.04. The third kappa shape index (κ3) is 4.03. The van der Waals surface area contributed by atoms with Gasteiger partial charge in [-0.15, -0.1) is 11.3 Å². The highest BCUT2D eigenvalue weighted by atomic mass is 32.1. The summed E-state index contributed by atoms with van der Waals surface area (Å²) in [6, 6.07) is 3.24. The molecule has 0 aromatic carbocycles. The molecule has 1 aliphatic rings. The zero-order valence-electron chi connectivity index (χ0n) is 13.8. The van der Waals surface area contributed by atoms with Crippen molar-refractivity contribution in [1.82, 2.24) is 9.88 Å². The molecule has 1 N–H and O–H groups in total. The highest BCUT2D eigenvalue weighted by Gasteiger charge is 2.25. The third-order valence-electron chi connectivity index (χ3n) is 4.07. The Kier molecular flexibility index (Phi) is 4.99. The van der Waals surface area contributed by atoms with Crippen molar-refractivity contribution in [2.75, 3.05) is 18.4 Å². The quantitative estimate of drug-likeness (QED) is 0.922. The molecule has 0 spiro atoms. The van der Waals surface area contributed by atoms with Crippen LogP contribution in [0.15, 0.2) is 28.2 Å². The average Bonchev–Trinajstić information content (AvgIpc) is 3.18. The number of nitrogens with zero attached hydrogens (tertiary/aromatic N) is 2. The first-order valence-electron chi connectivity index (χ1n) is 8.08. The molecule has 0 unspecified atom stereocenters. The van der Waals surface area contributed by atoms with Crippen molar-refractivity contribution in [2.45, 2.75) is 26.7 Å². The van der Waals surface area contributed by atoms with E-state index in [1.54, 1.807) is 12.1 Å². The van der Waals surface area contributed by atoms with E-state index in [1.807, 2.05) is 10.3 Å². The number of thiazole rings is 1. The minimum Gasteiger partial charge on any atom is -0.459 e. The Labute approximate surface area is 144 Å². The van der Waals surface area contributed by atoms with Gasteiger partial charge >= 0.3 is 0 Å². The number of furan rings is 1. The van der Waals surface area contributed by atoms with Crippen molar-refractivity contribution in [3.63, 3.8) is 0 Å². The Morgan fingerprint density at radius 2 is 2.12 bits per heavy atom. The molecule has 24 heavy (non-hydrogen) atoms. The molecule has 3 rings (SSSR count). The van der Waals surface area contributed by atoms with Crippen molar-refractivity contribution < 1.29 is 14.0 Å². The molecule has 0 aliphatic carbocycles. The molecule has 3 heterocycles. The van der Waals surface area contributed by atoms with E-state index in [0.29, 0.717) is 22.7 Å². The van der Waals surface area contributed by atoms with E-state index in [9.17, 15) is 9.59 Å². The molecular weight excluding hydrogens is 326 g/mol. The topological polar surface area (TPSA) is 75.4 Å². The molecule has 7 heteroatoms. The summed E-state index contributed by atoms with van der Waals surface area (Å²) in [4.78, 5) is 30.6. The zero-order chi connectivity index (χ0) is 17.1. The van der Waals surface area contributed by atoms with E-state index in [0.717, 1.165) is 13.1 Å². The summed E-state index contributed by atoms with van der Waals surface area (Å²) in [5.74, 6) is 1.07. The first-order chi connectivity index (χ1) is 11.5.